The number of carbonyl (C=O) groups is 1. The Morgan fingerprint density at radius 2 is 2.00 bits per heavy atom. The molecule has 0 aromatic heterocycles. The van der Waals surface area contributed by atoms with Gasteiger partial charge in [-0.15, -0.1) is 11.6 Å². The zero-order valence-electron chi connectivity index (χ0n) is 9.46. The summed E-state index contributed by atoms with van der Waals surface area (Å²) in [6.07, 6.45) is 1.39. The summed E-state index contributed by atoms with van der Waals surface area (Å²) in [5.74, 6) is 0.384. The van der Waals surface area contributed by atoms with Crippen molar-refractivity contribution < 1.29 is 13.2 Å². The van der Waals surface area contributed by atoms with Crippen LogP contribution in [0.25, 0.3) is 0 Å². The zero-order chi connectivity index (χ0) is 12.4. The van der Waals surface area contributed by atoms with E-state index in [0.29, 0.717) is 25.3 Å². The van der Waals surface area contributed by atoms with Gasteiger partial charge in [-0.05, 0) is 19.8 Å². The molecule has 0 bridgehead atoms. The molecule has 0 fully saturated rings. The molecular formula is C9H19ClN2O3S. The van der Waals surface area contributed by atoms with Gasteiger partial charge in [-0.2, -0.15) is 0 Å². The van der Waals surface area contributed by atoms with Gasteiger partial charge in [0.15, 0.2) is 0 Å². The summed E-state index contributed by atoms with van der Waals surface area (Å²) in [4.78, 5) is 11.0. The number of nitrogens with one attached hydrogen (secondary N) is 2. The predicted molar refractivity (Wildman–Crippen MR) is 65.0 cm³/mol. The lowest BCUT2D eigenvalue weighted by Crippen LogP contribution is -2.32. The molecule has 0 aliphatic rings. The van der Waals surface area contributed by atoms with Crippen molar-refractivity contribution in [2.45, 2.75) is 26.2 Å². The molecule has 0 saturated heterocycles. The lowest BCUT2D eigenvalue weighted by molar-refractivity contribution is -0.120. The Kier molecular flexibility index (Phi) is 8.60. The summed E-state index contributed by atoms with van der Waals surface area (Å²) in [6, 6.07) is 0. The van der Waals surface area contributed by atoms with E-state index in [2.05, 4.69) is 10.0 Å². The molecule has 2 N–H and O–H groups in total. The van der Waals surface area contributed by atoms with Crippen molar-refractivity contribution in [3.8, 4) is 0 Å². The van der Waals surface area contributed by atoms with Gasteiger partial charge in [-0.25, -0.2) is 13.1 Å². The number of amides is 1. The van der Waals surface area contributed by atoms with Gasteiger partial charge >= 0.3 is 0 Å². The summed E-state index contributed by atoms with van der Waals surface area (Å²) in [5, 5.41) is 2.59. The normalized spacial score (nSPS) is 11.4. The Balaban J connectivity index is 3.69. The third-order valence-electron chi connectivity index (χ3n) is 1.84. The molecule has 1 amide bonds. The summed E-state index contributed by atoms with van der Waals surface area (Å²) < 4.78 is 25.1. The van der Waals surface area contributed by atoms with Gasteiger partial charge in [0.1, 0.15) is 0 Å². The Morgan fingerprint density at radius 3 is 2.56 bits per heavy atom. The lowest BCUT2D eigenvalue weighted by atomic mass is 10.4. The molecule has 16 heavy (non-hydrogen) atoms. The first kappa shape index (κ1) is 15.7. The number of sulfonamides is 1. The summed E-state index contributed by atoms with van der Waals surface area (Å²) in [5.41, 5.74) is 0. The van der Waals surface area contributed by atoms with Crippen LogP contribution in [0.3, 0.4) is 0 Å². The van der Waals surface area contributed by atoms with Crippen molar-refractivity contribution in [3.05, 3.63) is 0 Å². The van der Waals surface area contributed by atoms with Crippen LogP contribution in [0.2, 0.25) is 0 Å². The number of halogens is 1. The quantitative estimate of drug-likeness (QED) is 0.472. The van der Waals surface area contributed by atoms with Crippen molar-refractivity contribution in [1.29, 1.82) is 0 Å². The topological polar surface area (TPSA) is 75.3 Å². The highest BCUT2D eigenvalue weighted by atomic mass is 35.5. The van der Waals surface area contributed by atoms with Crippen LogP contribution >= 0.6 is 11.6 Å². The van der Waals surface area contributed by atoms with Gasteiger partial charge in [-0.3, -0.25) is 4.79 Å². The van der Waals surface area contributed by atoms with Crippen LogP contribution in [0, 0.1) is 0 Å². The number of rotatable bonds is 9. The van der Waals surface area contributed by atoms with Crippen molar-refractivity contribution in [2.75, 3.05) is 24.7 Å². The van der Waals surface area contributed by atoms with E-state index in [4.69, 9.17) is 11.6 Å². The summed E-state index contributed by atoms with van der Waals surface area (Å²) in [7, 11) is -3.25. The molecule has 5 nitrogen and oxygen atoms in total. The monoisotopic (exact) mass is 270 g/mol. The minimum Gasteiger partial charge on any atom is -0.356 e. The SMILES string of the molecule is CCNC(=O)CCNS(=O)(=O)CCCCCl. The van der Waals surface area contributed by atoms with Crippen molar-refractivity contribution in [2.24, 2.45) is 0 Å². The van der Waals surface area contributed by atoms with Crippen molar-refractivity contribution >= 4 is 27.5 Å². The Bertz CT molecular complexity index is 293. The molecule has 0 atom stereocenters. The Morgan fingerprint density at radius 1 is 1.31 bits per heavy atom. The third-order valence-corrected chi connectivity index (χ3v) is 3.58. The molecule has 0 saturated carbocycles. The van der Waals surface area contributed by atoms with Gasteiger partial charge in [-0.1, -0.05) is 0 Å². The fourth-order valence-electron chi connectivity index (χ4n) is 1.06. The third kappa shape index (κ3) is 8.94. The maximum atomic E-state index is 11.4. The lowest BCUT2D eigenvalue weighted by Gasteiger charge is -2.06. The highest BCUT2D eigenvalue weighted by Gasteiger charge is 2.09. The molecule has 7 heteroatoms. The second-order valence-corrected chi connectivity index (χ2v) is 5.62. The molecule has 96 valence electrons. The van der Waals surface area contributed by atoms with E-state index in [1.807, 2.05) is 6.92 Å². The van der Waals surface area contributed by atoms with Crippen LogP contribution in [-0.2, 0) is 14.8 Å². The van der Waals surface area contributed by atoms with Gasteiger partial charge in [0, 0.05) is 25.4 Å². The molecule has 0 aliphatic heterocycles. The smallest absolute Gasteiger partial charge is 0.221 e. The zero-order valence-corrected chi connectivity index (χ0v) is 11.0. The second-order valence-electron chi connectivity index (χ2n) is 3.31. The number of alkyl halides is 1. The fraction of sp³-hybridized carbons (Fsp3) is 0.889. The molecule has 0 radical (unpaired) electrons. The standard InChI is InChI=1S/C9H19ClN2O3S/c1-2-11-9(13)5-7-12-16(14,15)8-4-3-6-10/h12H,2-8H2,1H3,(H,11,13). The Labute approximate surface area is 102 Å². The summed E-state index contributed by atoms with van der Waals surface area (Å²) in [6.45, 7) is 2.52. The maximum Gasteiger partial charge on any atom is 0.221 e. The highest BCUT2D eigenvalue weighted by Crippen LogP contribution is 1.96. The van der Waals surface area contributed by atoms with E-state index in [9.17, 15) is 13.2 Å². The van der Waals surface area contributed by atoms with Gasteiger partial charge in [0.25, 0.3) is 0 Å². The van der Waals surface area contributed by atoms with E-state index in [-0.39, 0.29) is 24.6 Å². The Hall–Kier alpha value is -0.330. The van der Waals surface area contributed by atoms with E-state index in [1.54, 1.807) is 0 Å². The first-order chi connectivity index (χ1) is 7.52. The number of hydrogen-bond acceptors (Lipinski definition) is 3. The number of hydrogen-bond donors (Lipinski definition) is 2. The van der Waals surface area contributed by atoms with E-state index in [0.717, 1.165) is 0 Å². The molecule has 0 aromatic carbocycles. The number of unbranched alkanes of at least 4 members (excludes halogenated alkanes) is 1. The van der Waals surface area contributed by atoms with E-state index >= 15 is 0 Å². The molecule has 0 unspecified atom stereocenters. The van der Waals surface area contributed by atoms with Crippen LogP contribution < -0.4 is 10.0 Å². The average molecular weight is 271 g/mol. The van der Waals surface area contributed by atoms with E-state index < -0.39 is 10.0 Å². The average Bonchev–Trinajstić information content (AvgIpc) is 2.18. The van der Waals surface area contributed by atoms with Crippen LogP contribution in [-0.4, -0.2) is 39.0 Å². The first-order valence-corrected chi connectivity index (χ1v) is 7.50. The highest BCUT2D eigenvalue weighted by molar-refractivity contribution is 7.89. The van der Waals surface area contributed by atoms with Crippen LogP contribution in [0.15, 0.2) is 0 Å². The van der Waals surface area contributed by atoms with Crippen LogP contribution in [0.5, 0.6) is 0 Å². The molecular weight excluding hydrogens is 252 g/mol. The van der Waals surface area contributed by atoms with Gasteiger partial charge in [0.2, 0.25) is 15.9 Å². The minimum absolute atomic E-state index is 0.0646. The molecule has 0 spiro atoms. The van der Waals surface area contributed by atoms with Crippen molar-refractivity contribution in [3.63, 3.8) is 0 Å². The van der Waals surface area contributed by atoms with Crippen LogP contribution in [0.1, 0.15) is 26.2 Å². The fourth-order valence-corrected chi connectivity index (χ4v) is 2.39. The van der Waals surface area contributed by atoms with Gasteiger partial charge in [0.05, 0.1) is 5.75 Å². The molecule has 0 rings (SSSR count). The number of carbonyl (C=O) groups excluding carboxylic acids is 1. The largest absolute Gasteiger partial charge is 0.356 e. The second kappa shape index (κ2) is 8.78. The predicted octanol–water partition coefficient (Wildman–Crippen LogP) is 0.451. The van der Waals surface area contributed by atoms with Gasteiger partial charge < -0.3 is 5.32 Å². The summed E-state index contributed by atoms with van der Waals surface area (Å²) >= 11 is 5.44. The van der Waals surface area contributed by atoms with Crippen LogP contribution in [0.4, 0.5) is 0 Å². The van der Waals surface area contributed by atoms with E-state index in [1.165, 1.54) is 0 Å². The minimum atomic E-state index is -3.25. The molecule has 0 heterocycles. The van der Waals surface area contributed by atoms with Crippen molar-refractivity contribution in [1.82, 2.24) is 10.0 Å². The molecule has 0 aromatic rings. The maximum absolute atomic E-state index is 11.4. The molecule has 0 aliphatic carbocycles. The first-order valence-electron chi connectivity index (χ1n) is 5.32.